The van der Waals surface area contributed by atoms with E-state index in [0.29, 0.717) is 43.9 Å². The van der Waals surface area contributed by atoms with E-state index in [9.17, 15) is 9.59 Å². The van der Waals surface area contributed by atoms with Gasteiger partial charge in [-0.1, -0.05) is 29.4 Å². The second-order valence-electron chi connectivity index (χ2n) is 7.26. The first-order valence-corrected chi connectivity index (χ1v) is 11.2. The van der Waals surface area contributed by atoms with E-state index in [4.69, 9.17) is 16.0 Å². The van der Waals surface area contributed by atoms with Crippen molar-refractivity contribution in [3.8, 4) is 0 Å². The lowest BCUT2D eigenvalue weighted by molar-refractivity contribution is 0.476. The van der Waals surface area contributed by atoms with Crippen molar-refractivity contribution >= 4 is 39.9 Å². The molecule has 0 saturated heterocycles. The van der Waals surface area contributed by atoms with Crippen molar-refractivity contribution in [2.24, 2.45) is 0 Å². The van der Waals surface area contributed by atoms with Gasteiger partial charge in [0, 0.05) is 22.5 Å². The highest BCUT2D eigenvalue weighted by Gasteiger charge is 2.15. The molecule has 4 heterocycles. The molecule has 0 unspecified atom stereocenters. The van der Waals surface area contributed by atoms with Crippen molar-refractivity contribution in [3.05, 3.63) is 104 Å². The van der Waals surface area contributed by atoms with Gasteiger partial charge < -0.3 is 4.42 Å². The smallest absolute Gasteiger partial charge is 0.262 e. The molecule has 0 aliphatic rings. The van der Waals surface area contributed by atoms with Gasteiger partial charge in [-0.15, -0.1) is 0 Å². The third kappa shape index (κ3) is 3.83. The molecule has 32 heavy (non-hydrogen) atoms. The Morgan fingerprint density at radius 1 is 1.06 bits per heavy atom. The Hall–Kier alpha value is -3.36. The lowest BCUT2D eigenvalue weighted by atomic mass is 10.2. The highest BCUT2D eigenvalue weighted by Crippen LogP contribution is 2.24. The van der Waals surface area contributed by atoms with Crippen LogP contribution in [0.25, 0.3) is 16.6 Å². The van der Waals surface area contributed by atoms with Gasteiger partial charge in [-0.25, -0.2) is 9.97 Å². The Morgan fingerprint density at radius 2 is 1.94 bits per heavy atom. The van der Waals surface area contributed by atoms with Crippen molar-refractivity contribution in [1.29, 1.82) is 0 Å². The summed E-state index contributed by atoms with van der Waals surface area (Å²) in [6, 6.07) is 15.6. The number of hydrogen-bond acceptors (Lipinski definition) is 6. The molecular formula is C23H17ClN4O3S. The van der Waals surface area contributed by atoms with Gasteiger partial charge in [0.25, 0.3) is 11.1 Å². The number of fused-ring (bicyclic) bond motifs is 2. The normalized spacial score (nSPS) is 11.4. The zero-order chi connectivity index (χ0) is 22.2. The van der Waals surface area contributed by atoms with Gasteiger partial charge in [-0.2, -0.15) is 0 Å². The molecule has 0 atom stereocenters. The van der Waals surface area contributed by atoms with Gasteiger partial charge in [0.1, 0.15) is 11.4 Å². The van der Waals surface area contributed by atoms with E-state index in [0.717, 1.165) is 5.69 Å². The molecule has 5 rings (SSSR count). The largest absolute Gasteiger partial charge is 0.467 e. The molecule has 0 N–H and O–H groups in total. The van der Waals surface area contributed by atoms with Crippen LogP contribution in [0, 0.1) is 6.92 Å². The first-order chi connectivity index (χ1) is 15.5. The van der Waals surface area contributed by atoms with E-state index >= 15 is 0 Å². The molecule has 0 saturated carbocycles. The number of furan rings is 1. The topological polar surface area (TPSA) is 82.4 Å². The molecule has 0 aliphatic carbocycles. The number of benzene rings is 1. The van der Waals surface area contributed by atoms with Gasteiger partial charge in [-0.3, -0.25) is 18.6 Å². The monoisotopic (exact) mass is 464 g/mol. The third-order valence-electron chi connectivity index (χ3n) is 5.06. The number of hydrogen-bond donors (Lipinski definition) is 0. The zero-order valence-corrected chi connectivity index (χ0v) is 18.6. The first-order valence-electron chi connectivity index (χ1n) is 9.83. The zero-order valence-electron chi connectivity index (χ0n) is 17.0. The number of halogens is 1. The number of thioether (sulfide) groups is 1. The van der Waals surface area contributed by atoms with Gasteiger partial charge in [0.15, 0.2) is 5.16 Å². The van der Waals surface area contributed by atoms with E-state index in [1.165, 1.54) is 17.8 Å². The summed E-state index contributed by atoms with van der Waals surface area (Å²) in [4.78, 5) is 35.1. The van der Waals surface area contributed by atoms with Gasteiger partial charge >= 0.3 is 0 Å². The average Bonchev–Trinajstić information content (AvgIpc) is 3.27. The van der Waals surface area contributed by atoms with Crippen LogP contribution in [0.2, 0.25) is 5.02 Å². The summed E-state index contributed by atoms with van der Waals surface area (Å²) < 4.78 is 8.58. The molecule has 7 nitrogen and oxygen atoms in total. The van der Waals surface area contributed by atoms with Crippen molar-refractivity contribution < 1.29 is 4.42 Å². The Kier molecular flexibility index (Phi) is 5.32. The van der Waals surface area contributed by atoms with E-state index in [1.54, 1.807) is 51.6 Å². The number of aryl methyl sites for hydroxylation is 1. The second-order valence-corrected chi connectivity index (χ2v) is 8.64. The molecule has 5 aromatic rings. The Bertz CT molecular complexity index is 1570. The summed E-state index contributed by atoms with van der Waals surface area (Å²) in [6.45, 7) is 2.11. The second kappa shape index (κ2) is 8.29. The fourth-order valence-corrected chi connectivity index (χ4v) is 4.62. The van der Waals surface area contributed by atoms with E-state index in [1.807, 2.05) is 19.1 Å². The molecule has 4 aromatic heterocycles. The average molecular weight is 465 g/mol. The van der Waals surface area contributed by atoms with Crippen molar-refractivity contribution in [3.63, 3.8) is 0 Å². The van der Waals surface area contributed by atoms with E-state index in [-0.39, 0.29) is 17.7 Å². The Balaban J connectivity index is 1.56. The van der Waals surface area contributed by atoms with Gasteiger partial charge in [0.05, 0.1) is 29.4 Å². The quantitative estimate of drug-likeness (QED) is 0.285. The lowest BCUT2D eigenvalue weighted by Crippen LogP contribution is -2.24. The predicted octanol–water partition coefficient (Wildman–Crippen LogP) is 4.30. The fraction of sp³-hybridized carbons (Fsp3) is 0.130. The molecule has 0 spiro atoms. The van der Waals surface area contributed by atoms with Crippen LogP contribution in [0.5, 0.6) is 0 Å². The number of rotatable bonds is 5. The van der Waals surface area contributed by atoms with Crippen molar-refractivity contribution in [2.45, 2.75) is 24.4 Å². The van der Waals surface area contributed by atoms with Crippen LogP contribution in [-0.4, -0.2) is 18.9 Å². The van der Waals surface area contributed by atoms with E-state index in [2.05, 4.69) is 9.97 Å². The van der Waals surface area contributed by atoms with Crippen LogP contribution >= 0.6 is 23.4 Å². The molecule has 0 amide bonds. The molecule has 9 heteroatoms. The summed E-state index contributed by atoms with van der Waals surface area (Å²) in [5, 5.41) is 1.47. The molecule has 0 aliphatic heterocycles. The van der Waals surface area contributed by atoms with Crippen LogP contribution < -0.4 is 11.1 Å². The highest BCUT2D eigenvalue weighted by molar-refractivity contribution is 7.98. The maximum atomic E-state index is 13.2. The summed E-state index contributed by atoms with van der Waals surface area (Å²) in [7, 11) is 0. The van der Waals surface area contributed by atoms with Crippen molar-refractivity contribution in [1.82, 2.24) is 18.9 Å². The standard InChI is InChI=1S/C23H17ClN4O3S/c1-14-4-2-6-20-25-16(11-21(29)28(14)20)13-32-23-26-19-10-15(24)7-8-18(19)22(30)27(23)12-17-5-3-9-31-17/h2-11H,12-13H2,1H3. The molecular weight excluding hydrogens is 448 g/mol. The first kappa shape index (κ1) is 20.5. The number of nitrogens with zero attached hydrogens (tertiary/aromatic N) is 4. The van der Waals surface area contributed by atoms with Crippen LogP contribution in [0.15, 0.2) is 80.0 Å². The van der Waals surface area contributed by atoms with Crippen molar-refractivity contribution in [2.75, 3.05) is 0 Å². The van der Waals surface area contributed by atoms with Gasteiger partial charge in [0.2, 0.25) is 0 Å². The summed E-state index contributed by atoms with van der Waals surface area (Å²) in [5.74, 6) is 1.01. The third-order valence-corrected chi connectivity index (χ3v) is 6.30. The molecule has 0 bridgehead atoms. The Morgan fingerprint density at radius 3 is 2.75 bits per heavy atom. The maximum absolute atomic E-state index is 13.2. The minimum atomic E-state index is -0.187. The van der Waals surface area contributed by atoms with Crippen LogP contribution in [-0.2, 0) is 12.3 Å². The minimum Gasteiger partial charge on any atom is -0.467 e. The lowest BCUT2D eigenvalue weighted by Gasteiger charge is -2.12. The SMILES string of the molecule is Cc1cccc2nc(CSc3nc4cc(Cl)ccc4c(=O)n3Cc3ccco3)cc(=O)n12. The maximum Gasteiger partial charge on any atom is 0.262 e. The van der Waals surface area contributed by atoms with Crippen LogP contribution in [0.1, 0.15) is 17.1 Å². The highest BCUT2D eigenvalue weighted by atomic mass is 35.5. The van der Waals surface area contributed by atoms with Crippen LogP contribution in [0.3, 0.4) is 0 Å². The summed E-state index contributed by atoms with van der Waals surface area (Å²) >= 11 is 7.45. The molecule has 0 fully saturated rings. The minimum absolute atomic E-state index is 0.144. The molecule has 0 radical (unpaired) electrons. The summed E-state index contributed by atoms with van der Waals surface area (Å²) in [6.07, 6.45) is 1.57. The fourth-order valence-electron chi connectivity index (χ4n) is 3.56. The summed E-state index contributed by atoms with van der Waals surface area (Å²) in [5.41, 5.74) is 2.19. The molecule has 1 aromatic carbocycles. The molecule has 160 valence electrons. The number of aromatic nitrogens is 4. The predicted molar refractivity (Wildman–Crippen MR) is 125 cm³/mol. The van der Waals surface area contributed by atoms with Gasteiger partial charge in [-0.05, 0) is 49.4 Å². The van der Waals surface area contributed by atoms with Crippen LogP contribution in [0.4, 0.5) is 0 Å². The van der Waals surface area contributed by atoms with E-state index < -0.39 is 0 Å². The Labute approximate surface area is 191 Å². The number of pyridine rings is 1.